The first-order valence-corrected chi connectivity index (χ1v) is 8.42. The molecule has 0 aliphatic heterocycles. The Morgan fingerprint density at radius 2 is 1.95 bits per heavy atom. The highest BCUT2D eigenvalue weighted by atomic mass is 35.7. The molecule has 1 aromatic carbocycles. The molecule has 2 rings (SSSR count). The third-order valence-electron chi connectivity index (χ3n) is 3.09. The molecule has 1 aliphatic carbocycles. The number of hydrogen-bond donors (Lipinski definition) is 0. The highest BCUT2D eigenvalue weighted by molar-refractivity contribution is 8.13. The van der Waals surface area contributed by atoms with E-state index in [-0.39, 0.29) is 12.6 Å². The summed E-state index contributed by atoms with van der Waals surface area (Å²) in [6, 6.07) is 0.935. The van der Waals surface area contributed by atoms with Gasteiger partial charge in [-0.2, -0.15) is 0 Å². The Balaban J connectivity index is 2.53. The third kappa shape index (κ3) is 3.41. The summed E-state index contributed by atoms with van der Waals surface area (Å²) in [5, 5.41) is 0. The fourth-order valence-corrected chi connectivity index (χ4v) is 3.01. The van der Waals surface area contributed by atoms with Crippen LogP contribution in [0, 0.1) is 11.6 Å². The van der Waals surface area contributed by atoms with Crippen molar-refractivity contribution in [1.82, 2.24) is 4.90 Å². The molecule has 1 fully saturated rings. The van der Waals surface area contributed by atoms with Gasteiger partial charge in [0.2, 0.25) is 0 Å². The number of hydrogen-bond acceptors (Lipinski definition) is 3. The fraction of sp³-hybridized carbons (Fsp3) is 0.308. The van der Waals surface area contributed by atoms with Gasteiger partial charge in [-0.15, -0.1) is 6.58 Å². The van der Waals surface area contributed by atoms with Gasteiger partial charge in [-0.3, -0.25) is 4.79 Å². The van der Waals surface area contributed by atoms with E-state index < -0.39 is 37.1 Å². The average Bonchev–Trinajstić information content (AvgIpc) is 3.21. The molecule has 0 atom stereocenters. The zero-order chi connectivity index (χ0) is 15.8. The van der Waals surface area contributed by atoms with Crippen molar-refractivity contribution in [2.75, 3.05) is 6.54 Å². The smallest absolute Gasteiger partial charge is 0.262 e. The van der Waals surface area contributed by atoms with E-state index in [0.717, 1.165) is 12.8 Å². The molecule has 114 valence electrons. The molecule has 21 heavy (non-hydrogen) atoms. The van der Waals surface area contributed by atoms with Crippen LogP contribution in [-0.4, -0.2) is 31.8 Å². The lowest BCUT2D eigenvalue weighted by Crippen LogP contribution is -2.34. The Bertz CT molecular complexity index is 702. The third-order valence-corrected chi connectivity index (χ3v) is 4.45. The van der Waals surface area contributed by atoms with Gasteiger partial charge in [-0.25, -0.2) is 17.2 Å². The number of nitrogens with zero attached hydrogens (tertiary/aromatic N) is 1. The van der Waals surface area contributed by atoms with Gasteiger partial charge in [0.05, 0.1) is 10.5 Å². The normalized spacial score (nSPS) is 14.8. The molecule has 0 heterocycles. The zero-order valence-electron chi connectivity index (χ0n) is 10.9. The quantitative estimate of drug-likeness (QED) is 0.614. The number of benzene rings is 1. The molecule has 0 bridgehead atoms. The molecule has 1 saturated carbocycles. The topological polar surface area (TPSA) is 54.5 Å². The lowest BCUT2D eigenvalue weighted by atomic mass is 10.1. The van der Waals surface area contributed by atoms with E-state index in [0.29, 0.717) is 12.1 Å². The Morgan fingerprint density at radius 1 is 1.38 bits per heavy atom. The van der Waals surface area contributed by atoms with E-state index in [1.165, 1.54) is 11.0 Å². The fourth-order valence-electron chi connectivity index (χ4n) is 1.98. The monoisotopic (exact) mass is 335 g/mol. The van der Waals surface area contributed by atoms with Crippen LogP contribution < -0.4 is 0 Å². The number of amides is 1. The number of rotatable bonds is 5. The van der Waals surface area contributed by atoms with E-state index in [1.807, 2.05) is 0 Å². The Morgan fingerprint density at radius 3 is 2.43 bits per heavy atom. The van der Waals surface area contributed by atoms with Crippen LogP contribution in [0.3, 0.4) is 0 Å². The minimum absolute atomic E-state index is 0.0468. The van der Waals surface area contributed by atoms with E-state index in [9.17, 15) is 22.0 Å². The van der Waals surface area contributed by atoms with Crippen molar-refractivity contribution in [3.63, 3.8) is 0 Å². The van der Waals surface area contributed by atoms with Crippen molar-refractivity contribution in [2.24, 2.45) is 0 Å². The summed E-state index contributed by atoms with van der Waals surface area (Å²) in [5.41, 5.74) is -0.474. The summed E-state index contributed by atoms with van der Waals surface area (Å²) in [5.74, 6) is -3.40. The number of carbonyl (C=O) groups excluding carboxylic acids is 1. The molecule has 8 heteroatoms. The summed E-state index contributed by atoms with van der Waals surface area (Å²) in [6.07, 6.45) is 3.02. The van der Waals surface area contributed by atoms with E-state index in [2.05, 4.69) is 6.58 Å². The molecule has 0 aromatic heterocycles. The maximum Gasteiger partial charge on any atom is 0.262 e. The minimum Gasteiger partial charge on any atom is -0.332 e. The van der Waals surface area contributed by atoms with Gasteiger partial charge >= 0.3 is 0 Å². The molecule has 0 N–H and O–H groups in total. The van der Waals surface area contributed by atoms with Gasteiger partial charge < -0.3 is 4.90 Å². The van der Waals surface area contributed by atoms with Crippen molar-refractivity contribution < 1.29 is 22.0 Å². The predicted octanol–water partition coefficient (Wildman–Crippen LogP) is 2.68. The van der Waals surface area contributed by atoms with Crippen LogP contribution in [0.25, 0.3) is 0 Å². The molecule has 0 saturated heterocycles. The summed E-state index contributed by atoms with van der Waals surface area (Å²) < 4.78 is 49.5. The lowest BCUT2D eigenvalue weighted by Gasteiger charge is -2.21. The number of carbonyl (C=O) groups is 1. The van der Waals surface area contributed by atoms with Crippen LogP contribution in [-0.2, 0) is 9.05 Å². The summed E-state index contributed by atoms with van der Waals surface area (Å²) in [4.78, 5) is 13.0. The summed E-state index contributed by atoms with van der Waals surface area (Å²) in [7, 11) is 0.822. The maximum atomic E-state index is 13.4. The molecule has 1 aromatic rings. The van der Waals surface area contributed by atoms with Crippen molar-refractivity contribution in [2.45, 2.75) is 23.8 Å². The first-order valence-electron chi connectivity index (χ1n) is 6.11. The Kier molecular flexibility index (Phi) is 4.34. The highest BCUT2D eigenvalue weighted by Gasteiger charge is 2.35. The van der Waals surface area contributed by atoms with Crippen molar-refractivity contribution in [3.05, 3.63) is 42.0 Å². The van der Waals surface area contributed by atoms with Gasteiger partial charge in [0.25, 0.3) is 15.0 Å². The maximum absolute atomic E-state index is 13.4. The Labute approximate surface area is 125 Å². The standard InChI is InChI=1S/C13H12ClF2NO3S/c1-2-5-17(8-3-4-8)13(18)9-6-10(15)11(16)7-12(9)21(14,19)20/h2,6-8H,1,3-5H2. The zero-order valence-corrected chi connectivity index (χ0v) is 12.4. The Hall–Kier alpha value is -1.47. The van der Waals surface area contributed by atoms with Crippen LogP contribution in [0.2, 0.25) is 0 Å². The predicted molar refractivity (Wildman–Crippen MR) is 73.7 cm³/mol. The summed E-state index contributed by atoms with van der Waals surface area (Å²) in [6.45, 7) is 3.70. The second-order valence-electron chi connectivity index (χ2n) is 4.68. The van der Waals surface area contributed by atoms with Crippen LogP contribution in [0.15, 0.2) is 29.7 Å². The van der Waals surface area contributed by atoms with Gasteiger partial charge in [-0.1, -0.05) is 6.08 Å². The summed E-state index contributed by atoms with van der Waals surface area (Å²) >= 11 is 0. The largest absolute Gasteiger partial charge is 0.332 e. The highest BCUT2D eigenvalue weighted by Crippen LogP contribution is 2.31. The molecule has 0 spiro atoms. The molecule has 0 unspecified atom stereocenters. The molecule has 1 aliphatic rings. The number of halogens is 3. The van der Waals surface area contributed by atoms with E-state index in [4.69, 9.17) is 10.7 Å². The molecule has 0 radical (unpaired) electrons. The van der Waals surface area contributed by atoms with Gasteiger partial charge in [0.1, 0.15) is 0 Å². The SMILES string of the molecule is C=CCN(C(=O)c1cc(F)c(F)cc1S(=O)(=O)Cl)C1CC1. The second-order valence-corrected chi connectivity index (χ2v) is 7.21. The van der Waals surface area contributed by atoms with Gasteiger partial charge in [-0.05, 0) is 25.0 Å². The van der Waals surface area contributed by atoms with Crippen molar-refractivity contribution in [3.8, 4) is 0 Å². The lowest BCUT2D eigenvalue weighted by molar-refractivity contribution is 0.0758. The van der Waals surface area contributed by atoms with Gasteiger partial charge in [0, 0.05) is 23.3 Å². The first kappa shape index (κ1) is 15.9. The van der Waals surface area contributed by atoms with Gasteiger partial charge in [0.15, 0.2) is 11.6 Å². The second kappa shape index (κ2) is 5.73. The molecule has 1 amide bonds. The average molecular weight is 336 g/mol. The molecular formula is C13H12ClF2NO3S. The van der Waals surface area contributed by atoms with E-state index in [1.54, 1.807) is 0 Å². The molecule has 4 nitrogen and oxygen atoms in total. The van der Waals surface area contributed by atoms with Crippen LogP contribution in [0.1, 0.15) is 23.2 Å². The van der Waals surface area contributed by atoms with Crippen LogP contribution in [0.4, 0.5) is 8.78 Å². The first-order chi connectivity index (χ1) is 9.75. The van der Waals surface area contributed by atoms with Crippen LogP contribution in [0.5, 0.6) is 0 Å². The molecular weight excluding hydrogens is 324 g/mol. The van der Waals surface area contributed by atoms with Crippen LogP contribution >= 0.6 is 10.7 Å². The van der Waals surface area contributed by atoms with E-state index >= 15 is 0 Å². The van der Waals surface area contributed by atoms with Crippen molar-refractivity contribution >= 4 is 25.6 Å². The minimum atomic E-state index is -4.38. The van der Waals surface area contributed by atoms with Crippen molar-refractivity contribution in [1.29, 1.82) is 0 Å².